The fourth-order valence-corrected chi connectivity index (χ4v) is 2.45. The van der Waals surface area contributed by atoms with Crippen LogP contribution in [0.15, 0.2) is 48.5 Å². The quantitative estimate of drug-likeness (QED) is 0.506. The Morgan fingerprint density at radius 2 is 1.75 bits per heavy atom. The van der Waals surface area contributed by atoms with Crippen molar-refractivity contribution in [2.24, 2.45) is 0 Å². The summed E-state index contributed by atoms with van der Waals surface area (Å²) in [6.45, 7) is 1.64. The number of aryl methyl sites for hydroxylation is 1. The molecule has 3 aromatic rings. The standard InChI is InChI=1S/C19H16O5/c1-11-7-15-8-13(6-5-12(15)9-17(11)21)19(23)24-10-14-3-2-4-16(20)18(14)22/h2-9,20-22H,10H2,1H3. The lowest BCUT2D eigenvalue weighted by atomic mass is 10.0. The summed E-state index contributed by atoms with van der Waals surface area (Å²) in [5, 5.41) is 30.5. The van der Waals surface area contributed by atoms with Crippen molar-refractivity contribution in [3.8, 4) is 17.2 Å². The van der Waals surface area contributed by atoms with Gasteiger partial charge in [0.15, 0.2) is 11.5 Å². The van der Waals surface area contributed by atoms with E-state index in [9.17, 15) is 20.1 Å². The second kappa shape index (κ2) is 6.12. The summed E-state index contributed by atoms with van der Waals surface area (Å²) in [6.07, 6.45) is 0. The average molecular weight is 324 g/mol. The van der Waals surface area contributed by atoms with E-state index in [1.165, 1.54) is 6.07 Å². The topological polar surface area (TPSA) is 87.0 Å². The van der Waals surface area contributed by atoms with E-state index in [-0.39, 0.29) is 23.9 Å². The Labute approximate surface area is 138 Å². The maximum atomic E-state index is 12.2. The Kier molecular flexibility index (Phi) is 4.00. The van der Waals surface area contributed by atoms with Crippen molar-refractivity contribution in [3.05, 3.63) is 65.2 Å². The summed E-state index contributed by atoms with van der Waals surface area (Å²) in [5.74, 6) is -0.887. The molecule has 3 rings (SSSR count). The van der Waals surface area contributed by atoms with Crippen molar-refractivity contribution in [1.82, 2.24) is 0 Å². The van der Waals surface area contributed by atoms with Gasteiger partial charge in [0, 0.05) is 5.56 Å². The fourth-order valence-electron chi connectivity index (χ4n) is 2.45. The van der Waals surface area contributed by atoms with Gasteiger partial charge in [-0.05, 0) is 53.6 Å². The molecule has 0 spiro atoms. The number of phenolic OH excluding ortho intramolecular Hbond substituents is 3. The molecule has 0 saturated heterocycles. The predicted molar refractivity (Wildman–Crippen MR) is 89.2 cm³/mol. The second-order valence-electron chi connectivity index (χ2n) is 5.56. The molecule has 0 aliphatic heterocycles. The van der Waals surface area contributed by atoms with E-state index < -0.39 is 5.97 Å². The summed E-state index contributed by atoms with van der Waals surface area (Å²) >= 11 is 0. The van der Waals surface area contributed by atoms with Crippen molar-refractivity contribution in [3.63, 3.8) is 0 Å². The van der Waals surface area contributed by atoms with E-state index >= 15 is 0 Å². The minimum atomic E-state index is -0.537. The number of phenols is 3. The van der Waals surface area contributed by atoms with Crippen LogP contribution in [0.5, 0.6) is 17.2 Å². The Hall–Kier alpha value is -3.21. The Morgan fingerprint density at radius 3 is 2.54 bits per heavy atom. The van der Waals surface area contributed by atoms with Gasteiger partial charge in [-0.15, -0.1) is 0 Å². The molecule has 5 nitrogen and oxygen atoms in total. The van der Waals surface area contributed by atoms with Crippen LogP contribution in [0.2, 0.25) is 0 Å². The third-order valence-electron chi connectivity index (χ3n) is 3.85. The summed E-state index contributed by atoms with van der Waals surface area (Å²) in [4.78, 5) is 12.2. The van der Waals surface area contributed by atoms with Crippen LogP contribution in [0.25, 0.3) is 10.8 Å². The summed E-state index contributed by atoms with van der Waals surface area (Å²) < 4.78 is 5.19. The zero-order valence-electron chi connectivity index (χ0n) is 13.0. The third-order valence-corrected chi connectivity index (χ3v) is 3.85. The molecule has 0 aliphatic carbocycles. The van der Waals surface area contributed by atoms with Gasteiger partial charge in [-0.2, -0.15) is 0 Å². The van der Waals surface area contributed by atoms with Crippen molar-refractivity contribution in [1.29, 1.82) is 0 Å². The van der Waals surface area contributed by atoms with Crippen molar-refractivity contribution in [2.75, 3.05) is 0 Å². The van der Waals surface area contributed by atoms with E-state index in [0.29, 0.717) is 11.1 Å². The molecule has 0 radical (unpaired) electrons. The molecule has 0 heterocycles. The first kappa shape index (κ1) is 15.7. The van der Waals surface area contributed by atoms with Gasteiger partial charge >= 0.3 is 5.97 Å². The van der Waals surface area contributed by atoms with Gasteiger partial charge in [0.25, 0.3) is 0 Å². The molecule has 5 heteroatoms. The molecule has 0 saturated carbocycles. The molecular formula is C19H16O5. The summed E-state index contributed by atoms with van der Waals surface area (Å²) in [5.41, 5.74) is 1.41. The van der Waals surface area contributed by atoms with E-state index in [2.05, 4.69) is 0 Å². The van der Waals surface area contributed by atoms with Gasteiger partial charge in [0.2, 0.25) is 0 Å². The molecule has 0 unspecified atom stereocenters. The van der Waals surface area contributed by atoms with Crippen LogP contribution in [-0.2, 0) is 11.3 Å². The fraction of sp³-hybridized carbons (Fsp3) is 0.105. The van der Waals surface area contributed by atoms with Crippen molar-refractivity contribution in [2.45, 2.75) is 13.5 Å². The highest BCUT2D eigenvalue weighted by atomic mass is 16.5. The molecular weight excluding hydrogens is 308 g/mol. The van der Waals surface area contributed by atoms with Crippen molar-refractivity contribution >= 4 is 16.7 Å². The number of aromatic hydroxyl groups is 3. The number of para-hydroxylation sites is 1. The van der Waals surface area contributed by atoms with E-state index in [1.807, 2.05) is 0 Å². The summed E-state index contributed by atoms with van der Waals surface area (Å²) in [7, 11) is 0. The van der Waals surface area contributed by atoms with Gasteiger partial charge in [-0.1, -0.05) is 18.2 Å². The number of hydrogen-bond donors (Lipinski definition) is 3. The number of ether oxygens (including phenoxy) is 1. The summed E-state index contributed by atoms with van der Waals surface area (Å²) in [6, 6.07) is 12.9. The maximum Gasteiger partial charge on any atom is 0.338 e. The number of carbonyl (C=O) groups excluding carboxylic acids is 1. The minimum Gasteiger partial charge on any atom is -0.508 e. The molecule has 122 valence electrons. The van der Waals surface area contributed by atoms with Crippen LogP contribution in [0.3, 0.4) is 0 Å². The van der Waals surface area contributed by atoms with Crippen LogP contribution in [0, 0.1) is 6.92 Å². The molecule has 0 bridgehead atoms. The average Bonchev–Trinajstić information content (AvgIpc) is 2.56. The first-order chi connectivity index (χ1) is 11.5. The van der Waals surface area contributed by atoms with Crippen LogP contribution < -0.4 is 0 Å². The van der Waals surface area contributed by atoms with Gasteiger partial charge in [0.05, 0.1) is 5.56 Å². The first-order valence-electron chi connectivity index (χ1n) is 7.36. The van der Waals surface area contributed by atoms with Crippen LogP contribution >= 0.6 is 0 Å². The van der Waals surface area contributed by atoms with Gasteiger partial charge < -0.3 is 20.1 Å². The van der Waals surface area contributed by atoms with Crippen LogP contribution in [-0.4, -0.2) is 21.3 Å². The van der Waals surface area contributed by atoms with E-state index in [1.54, 1.807) is 49.4 Å². The maximum absolute atomic E-state index is 12.2. The molecule has 3 N–H and O–H groups in total. The number of benzene rings is 3. The van der Waals surface area contributed by atoms with Crippen LogP contribution in [0.1, 0.15) is 21.5 Å². The lowest BCUT2D eigenvalue weighted by molar-refractivity contribution is 0.0470. The number of esters is 1. The zero-order valence-corrected chi connectivity index (χ0v) is 13.0. The molecule has 3 aromatic carbocycles. The van der Waals surface area contributed by atoms with Gasteiger partial charge in [0.1, 0.15) is 12.4 Å². The second-order valence-corrected chi connectivity index (χ2v) is 5.56. The molecule has 0 aliphatic rings. The molecule has 24 heavy (non-hydrogen) atoms. The van der Waals surface area contributed by atoms with Crippen LogP contribution in [0.4, 0.5) is 0 Å². The Morgan fingerprint density at radius 1 is 0.958 bits per heavy atom. The highest BCUT2D eigenvalue weighted by Gasteiger charge is 2.12. The Balaban J connectivity index is 1.81. The SMILES string of the molecule is Cc1cc2cc(C(=O)OCc3cccc(O)c3O)ccc2cc1O. The largest absolute Gasteiger partial charge is 0.508 e. The molecule has 0 aromatic heterocycles. The Bertz CT molecular complexity index is 930. The third kappa shape index (κ3) is 2.96. The normalized spacial score (nSPS) is 10.7. The molecule has 0 atom stereocenters. The molecule has 0 amide bonds. The van der Waals surface area contributed by atoms with Gasteiger partial charge in [-0.3, -0.25) is 0 Å². The minimum absolute atomic E-state index is 0.147. The van der Waals surface area contributed by atoms with Gasteiger partial charge in [-0.25, -0.2) is 4.79 Å². The number of carbonyl (C=O) groups is 1. The number of rotatable bonds is 3. The monoisotopic (exact) mass is 324 g/mol. The smallest absolute Gasteiger partial charge is 0.338 e. The highest BCUT2D eigenvalue weighted by molar-refractivity contribution is 5.96. The lowest BCUT2D eigenvalue weighted by Gasteiger charge is -2.09. The van der Waals surface area contributed by atoms with Crippen molar-refractivity contribution < 1.29 is 24.9 Å². The molecule has 0 fully saturated rings. The lowest BCUT2D eigenvalue weighted by Crippen LogP contribution is -2.05. The predicted octanol–water partition coefficient (Wildman–Crippen LogP) is 3.62. The van der Waals surface area contributed by atoms with E-state index in [4.69, 9.17) is 4.74 Å². The van der Waals surface area contributed by atoms with E-state index in [0.717, 1.165) is 16.3 Å². The highest BCUT2D eigenvalue weighted by Crippen LogP contribution is 2.29. The first-order valence-corrected chi connectivity index (χ1v) is 7.36. The number of fused-ring (bicyclic) bond motifs is 1. The number of hydrogen-bond acceptors (Lipinski definition) is 5. The zero-order chi connectivity index (χ0) is 17.3.